The van der Waals surface area contributed by atoms with Gasteiger partial charge in [0.2, 0.25) is 0 Å². The Hall–Kier alpha value is -2.07. The van der Waals surface area contributed by atoms with Crippen LogP contribution in [0.5, 0.6) is 0 Å². The molecular weight excluding hydrogens is 390 g/mol. The Morgan fingerprint density at radius 1 is 1.19 bits per heavy atom. The van der Waals surface area contributed by atoms with Gasteiger partial charge in [-0.2, -0.15) is 0 Å². The number of hydrogen-bond acceptors (Lipinski definition) is 9. The maximum Gasteiger partial charge on any atom is 0.363 e. The Balaban J connectivity index is 2.61. The third-order valence-corrected chi connectivity index (χ3v) is 4.96. The molecule has 2 heterocycles. The van der Waals surface area contributed by atoms with Crippen molar-refractivity contribution in [2.45, 2.75) is 44.7 Å². The second kappa shape index (κ2) is 8.75. The number of thioether (sulfide) groups is 1. The van der Waals surface area contributed by atoms with Crippen LogP contribution in [0, 0.1) is 19.8 Å². The standard InChI is InChI=1S/C17H21N3O5S2/c1-6-23-14(21)12-13(26)20-11(5)25-17(12,15(22)24-7-2)27-16-18-9(3)8-10(4)19-16/h8,12H,6-7H2,1-5H3/t12-,17-/m1/s1. The zero-order valence-electron chi connectivity index (χ0n) is 15.8. The minimum absolute atomic E-state index is 0.0119. The predicted octanol–water partition coefficient (Wildman–Crippen LogP) is 2.40. The summed E-state index contributed by atoms with van der Waals surface area (Å²) < 4.78 is 16.1. The van der Waals surface area contributed by atoms with Crippen molar-refractivity contribution in [2.24, 2.45) is 10.9 Å². The fourth-order valence-electron chi connectivity index (χ4n) is 2.55. The van der Waals surface area contributed by atoms with Gasteiger partial charge in [-0.3, -0.25) is 4.79 Å². The van der Waals surface area contributed by atoms with E-state index in [4.69, 9.17) is 26.4 Å². The SMILES string of the molecule is CCOC(=O)[C@H]1C(=S)N=C(C)O[C@]1(Sc1nc(C)cc(C)n1)C(=O)OCC. The summed E-state index contributed by atoms with van der Waals surface area (Å²) in [5.41, 5.74) is 1.42. The molecule has 0 unspecified atom stereocenters. The van der Waals surface area contributed by atoms with Crippen molar-refractivity contribution in [3.8, 4) is 0 Å². The largest absolute Gasteiger partial charge is 0.465 e. The van der Waals surface area contributed by atoms with E-state index in [1.54, 1.807) is 40.7 Å². The third-order valence-electron chi connectivity index (χ3n) is 3.48. The van der Waals surface area contributed by atoms with Gasteiger partial charge in [0, 0.05) is 18.3 Å². The van der Waals surface area contributed by atoms with Gasteiger partial charge in [-0.15, -0.1) is 0 Å². The van der Waals surface area contributed by atoms with Crippen molar-refractivity contribution < 1.29 is 23.8 Å². The molecule has 0 bridgehead atoms. The number of carbonyl (C=O) groups excluding carboxylic acids is 2. The molecule has 146 valence electrons. The van der Waals surface area contributed by atoms with Crippen LogP contribution >= 0.6 is 24.0 Å². The molecule has 8 nitrogen and oxygen atoms in total. The number of nitrogens with zero attached hydrogens (tertiary/aromatic N) is 3. The van der Waals surface area contributed by atoms with E-state index >= 15 is 0 Å². The van der Waals surface area contributed by atoms with Crippen LogP contribution in [0.15, 0.2) is 16.2 Å². The number of esters is 2. The lowest BCUT2D eigenvalue weighted by molar-refractivity contribution is -0.165. The lowest BCUT2D eigenvalue weighted by Gasteiger charge is -2.37. The highest BCUT2D eigenvalue weighted by Gasteiger charge is 2.60. The molecule has 1 aromatic rings. The first-order valence-electron chi connectivity index (χ1n) is 8.36. The first-order chi connectivity index (χ1) is 12.7. The second-order valence-electron chi connectivity index (χ2n) is 5.68. The normalized spacial score (nSPS) is 21.9. The van der Waals surface area contributed by atoms with Crippen molar-refractivity contribution in [1.29, 1.82) is 0 Å². The number of aromatic nitrogens is 2. The number of carbonyl (C=O) groups is 2. The summed E-state index contributed by atoms with van der Waals surface area (Å²) in [5.74, 6) is -2.62. The first kappa shape index (κ1) is 21.2. The zero-order valence-corrected chi connectivity index (χ0v) is 17.4. The molecular formula is C17H21N3O5S2. The molecule has 0 radical (unpaired) electrons. The summed E-state index contributed by atoms with van der Waals surface area (Å²) in [6.07, 6.45) is 0. The zero-order chi connectivity index (χ0) is 20.2. The number of hydrogen-bond donors (Lipinski definition) is 0. The Morgan fingerprint density at radius 3 is 2.33 bits per heavy atom. The predicted molar refractivity (Wildman–Crippen MR) is 104 cm³/mol. The summed E-state index contributed by atoms with van der Waals surface area (Å²) >= 11 is 6.15. The van der Waals surface area contributed by atoms with Gasteiger partial charge in [0.1, 0.15) is 4.99 Å². The van der Waals surface area contributed by atoms with Crippen LogP contribution < -0.4 is 0 Å². The first-order valence-corrected chi connectivity index (χ1v) is 9.59. The highest BCUT2D eigenvalue weighted by Crippen LogP contribution is 2.44. The Morgan fingerprint density at radius 2 is 1.78 bits per heavy atom. The summed E-state index contributed by atoms with van der Waals surface area (Å²) in [7, 11) is 0. The smallest absolute Gasteiger partial charge is 0.363 e. The van der Waals surface area contributed by atoms with E-state index in [1.165, 1.54) is 0 Å². The molecule has 0 amide bonds. The van der Waals surface area contributed by atoms with Gasteiger partial charge in [-0.05, 0) is 45.5 Å². The molecule has 10 heteroatoms. The maximum absolute atomic E-state index is 13.0. The molecule has 0 saturated carbocycles. The lowest BCUT2D eigenvalue weighted by atomic mass is 10.00. The van der Waals surface area contributed by atoms with E-state index in [2.05, 4.69) is 15.0 Å². The Kier molecular flexibility index (Phi) is 6.88. The molecule has 0 aliphatic carbocycles. The van der Waals surface area contributed by atoms with Crippen LogP contribution in [0.2, 0.25) is 0 Å². The van der Waals surface area contributed by atoms with Crippen LogP contribution in [0.1, 0.15) is 32.2 Å². The van der Waals surface area contributed by atoms with Gasteiger partial charge < -0.3 is 14.2 Å². The molecule has 1 aliphatic heterocycles. The van der Waals surface area contributed by atoms with Crippen LogP contribution in [-0.2, 0) is 23.8 Å². The number of aryl methyl sites for hydroxylation is 2. The van der Waals surface area contributed by atoms with Crippen molar-refractivity contribution in [3.63, 3.8) is 0 Å². The average molecular weight is 412 g/mol. The van der Waals surface area contributed by atoms with Crippen LogP contribution in [-0.4, -0.2) is 50.9 Å². The lowest BCUT2D eigenvalue weighted by Crippen LogP contribution is -2.56. The van der Waals surface area contributed by atoms with Crippen LogP contribution in [0.4, 0.5) is 0 Å². The van der Waals surface area contributed by atoms with E-state index in [9.17, 15) is 9.59 Å². The van der Waals surface area contributed by atoms with E-state index in [-0.39, 0.29) is 29.3 Å². The number of rotatable bonds is 6. The summed E-state index contributed by atoms with van der Waals surface area (Å²) in [4.78, 5) is 36.4. The highest BCUT2D eigenvalue weighted by molar-refractivity contribution is 8.01. The number of aliphatic imine (C=N–C) groups is 1. The van der Waals surface area contributed by atoms with Crippen molar-refractivity contribution in [3.05, 3.63) is 17.5 Å². The molecule has 27 heavy (non-hydrogen) atoms. The van der Waals surface area contributed by atoms with Crippen molar-refractivity contribution in [2.75, 3.05) is 13.2 Å². The number of ether oxygens (including phenoxy) is 3. The topological polar surface area (TPSA) is 100.0 Å². The van der Waals surface area contributed by atoms with Gasteiger partial charge in [-0.25, -0.2) is 19.8 Å². The minimum Gasteiger partial charge on any atom is -0.465 e. The third kappa shape index (κ3) is 4.62. The fourth-order valence-corrected chi connectivity index (χ4v) is 4.30. The van der Waals surface area contributed by atoms with E-state index in [0.717, 1.165) is 11.8 Å². The molecule has 0 N–H and O–H groups in total. The van der Waals surface area contributed by atoms with Crippen molar-refractivity contribution in [1.82, 2.24) is 9.97 Å². The summed E-state index contributed by atoms with van der Waals surface area (Å²) in [5, 5.41) is 0.257. The van der Waals surface area contributed by atoms with Crippen molar-refractivity contribution >= 4 is 46.8 Å². The highest BCUT2D eigenvalue weighted by atomic mass is 32.2. The average Bonchev–Trinajstić information content (AvgIpc) is 2.53. The van der Waals surface area contributed by atoms with Gasteiger partial charge in [-0.1, -0.05) is 12.2 Å². The molecule has 2 rings (SSSR count). The van der Waals surface area contributed by atoms with E-state index < -0.39 is 22.8 Å². The molecule has 0 spiro atoms. The molecule has 0 aromatic carbocycles. The molecule has 1 aromatic heterocycles. The maximum atomic E-state index is 13.0. The van der Waals surface area contributed by atoms with Gasteiger partial charge >= 0.3 is 11.9 Å². The second-order valence-corrected chi connectivity index (χ2v) is 7.27. The monoisotopic (exact) mass is 411 g/mol. The molecule has 0 saturated heterocycles. The minimum atomic E-state index is -1.86. The van der Waals surface area contributed by atoms with Crippen LogP contribution in [0.25, 0.3) is 0 Å². The molecule has 1 aliphatic rings. The van der Waals surface area contributed by atoms with Gasteiger partial charge in [0.25, 0.3) is 4.93 Å². The fraction of sp³-hybridized carbons (Fsp3) is 0.529. The number of thiocarbonyl (C=S) groups is 1. The van der Waals surface area contributed by atoms with E-state index in [1.807, 2.05) is 0 Å². The van der Waals surface area contributed by atoms with Gasteiger partial charge in [0.05, 0.1) is 13.2 Å². The van der Waals surface area contributed by atoms with E-state index in [0.29, 0.717) is 11.4 Å². The molecule has 2 atom stereocenters. The Bertz CT molecular complexity index is 779. The summed E-state index contributed by atoms with van der Waals surface area (Å²) in [6, 6.07) is 1.79. The van der Waals surface area contributed by atoms with Gasteiger partial charge in [0.15, 0.2) is 17.0 Å². The van der Waals surface area contributed by atoms with Crippen LogP contribution in [0.3, 0.4) is 0 Å². The quantitative estimate of drug-likeness (QED) is 0.397. The molecule has 0 fully saturated rings. The summed E-state index contributed by atoms with van der Waals surface area (Å²) in [6.45, 7) is 8.68. The Labute approximate surface area is 167 Å².